The molecule has 0 N–H and O–H groups in total. The van der Waals surface area contributed by atoms with Crippen LogP contribution in [0.3, 0.4) is 0 Å². The number of carbonyl (C=O) groups excluding carboxylic acids is 8. The van der Waals surface area contributed by atoms with Crippen molar-refractivity contribution in [3.63, 3.8) is 0 Å². The molecule has 5 amide bonds. The molecule has 5 heterocycles. The molecule has 4 aromatic heterocycles. The molecule has 0 unspecified atom stereocenters. The summed E-state index contributed by atoms with van der Waals surface area (Å²) in [6, 6.07) is 36.7. The Balaban J connectivity index is 0.000000144. The molecule has 4 aromatic carbocycles. The molecular formula is C94H105F6N9O8. The summed E-state index contributed by atoms with van der Waals surface area (Å²) in [5, 5.41) is 0. The van der Waals surface area contributed by atoms with Gasteiger partial charge in [0.25, 0.3) is 0 Å². The molecule has 0 radical (unpaired) electrons. The number of halogens is 6. The van der Waals surface area contributed by atoms with Gasteiger partial charge < -0.3 is 24.5 Å². The summed E-state index contributed by atoms with van der Waals surface area (Å²) in [5.41, 5.74) is 11.4. The number of aryl methyl sites for hydroxylation is 8. The number of hydrogen-bond donors (Lipinski definition) is 0. The number of anilines is 4. The largest absolute Gasteiger partial charge is 0.341 e. The number of aromatic nitrogens is 4. The van der Waals surface area contributed by atoms with E-state index in [-0.39, 0.29) is 104 Å². The lowest BCUT2D eigenvalue weighted by Gasteiger charge is -2.70. The Labute approximate surface area is 681 Å². The van der Waals surface area contributed by atoms with E-state index in [2.05, 4.69) is 38.1 Å². The van der Waals surface area contributed by atoms with E-state index >= 15 is 0 Å². The number of pyridine rings is 4. The molecule has 1 saturated heterocycles. The van der Waals surface area contributed by atoms with E-state index < -0.39 is 34.9 Å². The lowest BCUT2D eigenvalue weighted by atomic mass is 9.32. The van der Waals surface area contributed by atoms with Crippen LogP contribution in [-0.2, 0) is 80.3 Å². The van der Waals surface area contributed by atoms with Gasteiger partial charge in [-0.05, 0) is 245 Å². The maximum atomic E-state index is 14.7. The molecule has 8 aromatic rings. The number of nitrogens with zero attached hydrogens (tertiary/aromatic N) is 9. The molecule has 23 heteroatoms. The van der Waals surface area contributed by atoms with E-state index in [1.807, 2.05) is 81.1 Å². The fraction of sp³-hybridized carbons (Fsp3) is 0.447. The molecule has 0 atom stereocenters. The maximum Gasteiger partial charge on any atom is 0.226 e. The molecule has 1 aliphatic heterocycles. The van der Waals surface area contributed by atoms with Crippen molar-refractivity contribution in [2.24, 2.45) is 16.2 Å². The van der Waals surface area contributed by atoms with Gasteiger partial charge in [-0.25, -0.2) is 18.2 Å². The smallest absolute Gasteiger partial charge is 0.226 e. The quantitative estimate of drug-likeness (QED) is 0.0348. The number of benzene rings is 4. The van der Waals surface area contributed by atoms with Gasteiger partial charge in [0.05, 0.1) is 17.1 Å². The van der Waals surface area contributed by atoms with Crippen LogP contribution in [0.2, 0.25) is 0 Å². The Hall–Kier alpha value is -10.6. The van der Waals surface area contributed by atoms with Crippen molar-refractivity contribution < 1.29 is 64.7 Å². The second-order valence-corrected chi connectivity index (χ2v) is 33.8. The molecule has 616 valence electrons. The molecule has 6 bridgehead atoms. The SMILES string of the molecule is CCC(=O)N(C)c1ccc(C23CC(C(=O)CCc4ccc(C)nc4C)(C2)C3)cc1F.CCC(=O)N(C)c1ccc(C23CC(C(=O)CCc4ccc(F)nc4C)(C2)C3)cc1F.CCC(=O)N(C)c1ccc(C23CC(C(=O)CCc4ccc(F)nc4F)(C2)C3)cc1F.CCC(=O)N(C)c1ccc(C2CN(C(=O)CCc3cccnc3C)C2)cc1. The number of Topliss-reactive ketones (excluding diaryl/α,β-unsaturated/α-hetero) is 3. The lowest BCUT2D eigenvalue weighted by molar-refractivity contribution is -0.173. The second kappa shape index (κ2) is 34.5. The second-order valence-electron chi connectivity index (χ2n) is 33.8. The Morgan fingerprint density at radius 1 is 0.402 bits per heavy atom. The van der Waals surface area contributed by atoms with Crippen LogP contribution in [0, 0.1) is 79.2 Å². The third-order valence-electron chi connectivity index (χ3n) is 26.3. The first-order valence-electron chi connectivity index (χ1n) is 40.8. The van der Waals surface area contributed by atoms with Crippen molar-refractivity contribution in [1.82, 2.24) is 24.8 Å². The minimum Gasteiger partial charge on any atom is -0.341 e. The van der Waals surface area contributed by atoms with Crippen LogP contribution in [0.5, 0.6) is 0 Å². The molecule has 18 rings (SSSR count). The fourth-order valence-corrected chi connectivity index (χ4v) is 19.0. The zero-order valence-electron chi connectivity index (χ0n) is 69.1. The highest BCUT2D eigenvalue weighted by Crippen LogP contribution is 2.76. The van der Waals surface area contributed by atoms with Crippen molar-refractivity contribution in [2.75, 3.05) is 60.9 Å². The summed E-state index contributed by atoms with van der Waals surface area (Å²) in [7, 11) is 6.54. The number of carbonyl (C=O) groups is 8. The van der Waals surface area contributed by atoms with Crippen molar-refractivity contribution in [1.29, 1.82) is 0 Å². The molecule has 0 spiro atoms. The van der Waals surface area contributed by atoms with Crippen molar-refractivity contribution in [3.05, 3.63) is 236 Å². The van der Waals surface area contributed by atoms with Gasteiger partial charge in [-0.3, -0.25) is 48.3 Å². The third kappa shape index (κ3) is 17.4. The summed E-state index contributed by atoms with van der Waals surface area (Å²) in [6.45, 7) is 16.3. The topological polar surface area (TPSA) is 204 Å². The molecule has 10 aliphatic rings. The Kier molecular flexibility index (Phi) is 25.3. The molecule has 117 heavy (non-hydrogen) atoms. The van der Waals surface area contributed by atoms with Crippen molar-refractivity contribution >= 4 is 69.6 Å². The van der Waals surface area contributed by atoms with Crippen LogP contribution in [-0.4, -0.2) is 113 Å². The average molecular weight is 1600 g/mol. The third-order valence-corrected chi connectivity index (χ3v) is 26.3. The minimum absolute atomic E-state index is 0.0658. The predicted molar refractivity (Wildman–Crippen MR) is 438 cm³/mol. The van der Waals surface area contributed by atoms with Gasteiger partial charge in [-0.15, -0.1) is 0 Å². The van der Waals surface area contributed by atoms with E-state index in [4.69, 9.17) is 0 Å². The first kappa shape index (κ1) is 85.8. The number of likely N-dealkylation sites (tertiary alicyclic amines) is 1. The van der Waals surface area contributed by atoms with Gasteiger partial charge >= 0.3 is 0 Å². The van der Waals surface area contributed by atoms with Gasteiger partial charge in [0.1, 0.15) is 34.8 Å². The first-order valence-corrected chi connectivity index (χ1v) is 40.8. The standard InChI is InChI=1S/C25H29FN2O2.C24H26F2N2O2.C23H23F3N2O2.C22H27N3O2/c1-5-23(30)28(4)21-10-9-19(12-20(21)26)24-13-25(14-24,15-24)22(29)11-8-18-7-6-16(2)27-17(18)3;1-4-22(30)28(3)19-8-7-17(11-18(19)25)23-12-24(13-23,14-23)20(29)9-5-16-6-10-21(26)27-15(16)2;1-3-20(30)28(2)17-7-6-15(10-16(17)24)22-11-23(12-22,13-22)18(29)8-4-14-5-9-19(25)27-21(14)26;1-4-21(26)24(3)20-10-7-18(8-11-20)19-14-25(15-19)22(27)12-9-17-6-5-13-23-16(17)2/h6-7,9-10,12H,5,8,11,13-15H2,1-4H3;6-8,10-11H,4-5,9,12-14H2,1-3H3;5-7,9-10H,3-4,8,11-13H2,1-2H3;5-8,10-11,13,19H,4,9,12,14-15H2,1-3H3. The molecule has 9 aliphatic carbocycles. The average Bonchev–Trinajstić information content (AvgIpc) is 0.678. The monoisotopic (exact) mass is 1600 g/mol. The van der Waals surface area contributed by atoms with Gasteiger partial charge in [0, 0.05) is 155 Å². The van der Waals surface area contributed by atoms with Crippen LogP contribution >= 0.6 is 0 Å². The Morgan fingerprint density at radius 2 is 0.761 bits per heavy atom. The van der Waals surface area contributed by atoms with Gasteiger partial charge in [-0.2, -0.15) is 18.2 Å². The maximum absolute atomic E-state index is 14.7. The van der Waals surface area contributed by atoms with E-state index in [0.717, 1.165) is 127 Å². The van der Waals surface area contributed by atoms with Crippen LogP contribution in [0.15, 0.2) is 134 Å². The summed E-state index contributed by atoms with van der Waals surface area (Å²) >= 11 is 0. The Bertz CT molecular complexity index is 4730. The zero-order chi connectivity index (χ0) is 84.4. The number of hydrogen-bond acceptors (Lipinski definition) is 12. The predicted octanol–water partition coefficient (Wildman–Crippen LogP) is 17.3. The summed E-state index contributed by atoms with van der Waals surface area (Å²) in [5.74, 6) is -2.57. The summed E-state index contributed by atoms with van der Waals surface area (Å²) < 4.78 is 83.6. The minimum atomic E-state index is -0.882. The van der Waals surface area contributed by atoms with Gasteiger partial charge in [-0.1, -0.05) is 76.2 Å². The Morgan fingerprint density at radius 3 is 1.14 bits per heavy atom. The van der Waals surface area contributed by atoms with Crippen LogP contribution in [0.1, 0.15) is 210 Å². The van der Waals surface area contributed by atoms with E-state index in [9.17, 15) is 64.7 Å². The summed E-state index contributed by atoms with van der Waals surface area (Å²) in [4.78, 5) is 121. The van der Waals surface area contributed by atoms with Crippen molar-refractivity contribution in [2.45, 2.75) is 212 Å². The number of amides is 5. The first-order chi connectivity index (χ1) is 55.6. The van der Waals surface area contributed by atoms with Crippen LogP contribution in [0.25, 0.3) is 0 Å². The molecule has 17 nitrogen and oxygen atoms in total. The van der Waals surface area contributed by atoms with Gasteiger partial charge in [0.15, 0.2) is 0 Å². The summed E-state index contributed by atoms with van der Waals surface area (Å²) in [6.07, 6.45) is 13.8. The fourth-order valence-electron chi connectivity index (χ4n) is 19.0. The lowest BCUT2D eigenvalue weighted by Crippen LogP contribution is -2.67. The molecule has 10 fully saturated rings. The van der Waals surface area contributed by atoms with Crippen LogP contribution < -0.4 is 19.6 Å². The number of rotatable bonds is 27. The van der Waals surface area contributed by atoms with Crippen molar-refractivity contribution in [3.8, 4) is 0 Å². The van der Waals surface area contributed by atoms with Crippen LogP contribution in [0.4, 0.5) is 49.1 Å². The molecular weight excluding hydrogens is 1500 g/mol. The number of ketones is 3. The highest BCUT2D eigenvalue weighted by atomic mass is 19.2. The van der Waals surface area contributed by atoms with E-state index in [0.29, 0.717) is 93.7 Å². The van der Waals surface area contributed by atoms with E-state index in [1.54, 1.807) is 97.3 Å². The van der Waals surface area contributed by atoms with E-state index in [1.165, 1.54) is 44.5 Å². The van der Waals surface area contributed by atoms with Gasteiger partial charge in [0.2, 0.25) is 47.4 Å². The highest BCUT2D eigenvalue weighted by molar-refractivity contribution is 5.96. The normalized spacial score (nSPS) is 21.7. The molecule has 9 saturated carbocycles. The highest BCUT2D eigenvalue weighted by Gasteiger charge is 2.73. The zero-order valence-corrected chi connectivity index (χ0v) is 69.1.